The summed E-state index contributed by atoms with van der Waals surface area (Å²) in [6, 6.07) is 14.4. The van der Waals surface area contributed by atoms with Gasteiger partial charge in [0, 0.05) is 18.7 Å². The monoisotopic (exact) mass is 301 g/mol. The molecule has 0 unspecified atom stereocenters. The highest BCUT2D eigenvalue weighted by Gasteiger charge is 2.22. The molecule has 0 spiro atoms. The lowest BCUT2D eigenvalue weighted by molar-refractivity contribution is 0.0651. The molecule has 4 nitrogen and oxygen atoms in total. The summed E-state index contributed by atoms with van der Waals surface area (Å²) in [5.41, 5.74) is 0.529. The number of hydrogen-bond acceptors (Lipinski definition) is 3. The molecule has 0 radical (unpaired) electrons. The number of carbonyl (C=O) groups is 1. The van der Waals surface area contributed by atoms with Gasteiger partial charge in [-0.1, -0.05) is 18.2 Å². The van der Waals surface area contributed by atoms with Gasteiger partial charge in [0.05, 0.1) is 9.79 Å². The molecule has 1 saturated heterocycles. The van der Waals surface area contributed by atoms with E-state index < -0.39 is 9.84 Å². The summed E-state index contributed by atoms with van der Waals surface area (Å²) in [5, 5.41) is 0. The average Bonchev–Trinajstić information content (AvgIpc) is 2.46. The van der Waals surface area contributed by atoms with Crippen LogP contribution in [0.3, 0.4) is 0 Å². The van der Waals surface area contributed by atoms with Gasteiger partial charge < -0.3 is 4.90 Å². The molecule has 21 heavy (non-hydrogen) atoms. The lowest BCUT2D eigenvalue weighted by Crippen LogP contribution is -2.41. The van der Waals surface area contributed by atoms with E-state index in [9.17, 15) is 13.2 Å². The zero-order valence-corrected chi connectivity index (χ0v) is 12.2. The number of likely N-dealkylation sites (tertiary alicyclic amines) is 1. The van der Waals surface area contributed by atoms with E-state index in [4.69, 9.17) is 0 Å². The fraction of sp³-hybridized carbons (Fsp3) is 0.188. The predicted molar refractivity (Wildman–Crippen MR) is 78.9 cm³/mol. The van der Waals surface area contributed by atoms with E-state index in [1.165, 1.54) is 12.1 Å². The molecule has 0 aromatic heterocycles. The fourth-order valence-electron chi connectivity index (χ4n) is 2.21. The van der Waals surface area contributed by atoms with E-state index >= 15 is 0 Å². The van der Waals surface area contributed by atoms with Crippen LogP contribution in [0.25, 0.3) is 0 Å². The van der Waals surface area contributed by atoms with E-state index in [1.807, 2.05) is 0 Å². The van der Waals surface area contributed by atoms with Crippen LogP contribution in [0.15, 0.2) is 64.4 Å². The van der Waals surface area contributed by atoms with Crippen molar-refractivity contribution in [1.82, 2.24) is 4.90 Å². The smallest absolute Gasteiger partial charge is 0.253 e. The Bertz CT molecular complexity index is 748. The zero-order chi connectivity index (χ0) is 14.9. The average molecular weight is 301 g/mol. The van der Waals surface area contributed by atoms with Crippen molar-refractivity contribution in [2.45, 2.75) is 16.2 Å². The zero-order valence-electron chi connectivity index (χ0n) is 11.4. The molecule has 1 aliphatic heterocycles. The molecular weight excluding hydrogens is 286 g/mol. The first-order chi connectivity index (χ1) is 10.1. The molecule has 2 aromatic carbocycles. The Kier molecular flexibility index (Phi) is 3.51. The molecule has 1 amide bonds. The topological polar surface area (TPSA) is 54.5 Å². The van der Waals surface area contributed by atoms with Crippen molar-refractivity contribution in [3.63, 3.8) is 0 Å². The van der Waals surface area contributed by atoms with Crippen LogP contribution in [0.2, 0.25) is 0 Å². The van der Waals surface area contributed by atoms with Crippen LogP contribution >= 0.6 is 0 Å². The normalized spacial score (nSPS) is 14.6. The summed E-state index contributed by atoms with van der Waals surface area (Å²) >= 11 is 0. The maximum Gasteiger partial charge on any atom is 0.253 e. The molecule has 5 heteroatoms. The van der Waals surface area contributed by atoms with Crippen molar-refractivity contribution in [3.8, 4) is 0 Å². The van der Waals surface area contributed by atoms with Crippen LogP contribution in [-0.2, 0) is 9.84 Å². The second-order valence-corrected chi connectivity index (χ2v) is 6.94. The van der Waals surface area contributed by atoms with Crippen LogP contribution in [-0.4, -0.2) is 32.3 Å². The predicted octanol–water partition coefficient (Wildman–Crippen LogP) is 2.37. The summed E-state index contributed by atoms with van der Waals surface area (Å²) in [7, 11) is -3.52. The minimum absolute atomic E-state index is 0.0371. The third-order valence-corrected chi connectivity index (χ3v) is 5.39. The number of amides is 1. The molecule has 1 heterocycles. The number of carbonyl (C=O) groups excluding carboxylic acids is 1. The Morgan fingerprint density at radius 2 is 1.43 bits per heavy atom. The second kappa shape index (κ2) is 5.33. The quantitative estimate of drug-likeness (QED) is 0.874. The Labute approximate surface area is 123 Å². The van der Waals surface area contributed by atoms with Gasteiger partial charge in [0.1, 0.15) is 0 Å². The third kappa shape index (κ3) is 2.56. The fourth-order valence-corrected chi connectivity index (χ4v) is 3.50. The van der Waals surface area contributed by atoms with Gasteiger partial charge in [0.2, 0.25) is 9.84 Å². The summed E-state index contributed by atoms with van der Waals surface area (Å²) in [6.45, 7) is 1.56. The van der Waals surface area contributed by atoms with Crippen LogP contribution in [0.5, 0.6) is 0 Å². The molecule has 0 N–H and O–H groups in total. The minimum atomic E-state index is -3.52. The molecule has 1 aliphatic rings. The first-order valence-electron chi connectivity index (χ1n) is 6.78. The molecule has 108 valence electrons. The Morgan fingerprint density at radius 1 is 0.857 bits per heavy atom. The molecule has 1 fully saturated rings. The summed E-state index contributed by atoms with van der Waals surface area (Å²) in [5.74, 6) is -0.0371. The minimum Gasteiger partial charge on any atom is -0.339 e. The van der Waals surface area contributed by atoms with Gasteiger partial charge in [0.15, 0.2) is 0 Å². The molecule has 0 atom stereocenters. The van der Waals surface area contributed by atoms with Gasteiger partial charge in [-0.15, -0.1) is 0 Å². The highest BCUT2D eigenvalue weighted by Crippen LogP contribution is 2.21. The second-order valence-electron chi connectivity index (χ2n) is 4.99. The van der Waals surface area contributed by atoms with Gasteiger partial charge in [0.25, 0.3) is 5.91 Å². The lowest BCUT2D eigenvalue weighted by Gasteiger charge is -2.30. The van der Waals surface area contributed by atoms with Gasteiger partial charge in [-0.05, 0) is 42.8 Å². The molecule has 0 aliphatic carbocycles. The largest absolute Gasteiger partial charge is 0.339 e. The van der Waals surface area contributed by atoms with E-state index in [0.29, 0.717) is 5.56 Å². The van der Waals surface area contributed by atoms with E-state index in [1.54, 1.807) is 47.4 Å². The van der Waals surface area contributed by atoms with Crippen molar-refractivity contribution in [1.29, 1.82) is 0 Å². The first-order valence-corrected chi connectivity index (χ1v) is 8.27. The lowest BCUT2D eigenvalue weighted by atomic mass is 10.1. The number of hydrogen-bond donors (Lipinski definition) is 0. The maximum absolute atomic E-state index is 12.4. The van der Waals surface area contributed by atoms with Gasteiger partial charge >= 0.3 is 0 Å². The first kappa shape index (κ1) is 13.8. The molecule has 0 bridgehead atoms. The standard InChI is InChI=1S/C16H15NO3S/c18-16(17-11-4-12-17)13-7-9-15(10-8-13)21(19,20)14-5-2-1-3-6-14/h1-3,5-10H,4,11-12H2. The van der Waals surface area contributed by atoms with Crippen LogP contribution in [0.4, 0.5) is 0 Å². The van der Waals surface area contributed by atoms with Gasteiger partial charge in [-0.25, -0.2) is 8.42 Å². The van der Waals surface area contributed by atoms with Gasteiger partial charge in [-0.2, -0.15) is 0 Å². The van der Waals surface area contributed by atoms with Crippen molar-refractivity contribution in [2.24, 2.45) is 0 Å². The van der Waals surface area contributed by atoms with Crippen molar-refractivity contribution < 1.29 is 13.2 Å². The van der Waals surface area contributed by atoms with Crippen molar-refractivity contribution in [3.05, 3.63) is 60.2 Å². The van der Waals surface area contributed by atoms with Crippen LogP contribution in [0.1, 0.15) is 16.8 Å². The SMILES string of the molecule is O=C(c1ccc(S(=O)(=O)c2ccccc2)cc1)N1CCC1. The van der Waals surface area contributed by atoms with E-state index in [0.717, 1.165) is 19.5 Å². The van der Waals surface area contributed by atoms with Crippen molar-refractivity contribution >= 4 is 15.7 Å². The number of sulfone groups is 1. The third-order valence-electron chi connectivity index (χ3n) is 3.61. The van der Waals surface area contributed by atoms with Gasteiger partial charge in [-0.3, -0.25) is 4.79 Å². The summed E-state index contributed by atoms with van der Waals surface area (Å²) in [6.07, 6.45) is 1.03. The van der Waals surface area contributed by atoms with E-state index in [-0.39, 0.29) is 15.7 Å². The highest BCUT2D eigenvalue weighted by atomic mass is 32.2. The van der Waals surface area contributed by atoms with E-state index in [2.05, 4.69) is 0 Å². The van der Waals surface area contributed by atoms with Crippen molar-refractivity contribution in [2.75, 3.05) is 13.1 Å². The molecular formula is C16H15NO3S. The number of benzene rings is 2. The Hall–Kier alpha value is -2.14. The molecule has 0 saturated carbocycles. The van der Waals surface area contributed by atoms with Crippen LogP contribution < -0.4 is 0 Å². The molecule has 2 aromatic rings. The maximum atomic E-state index is 12.4. The number of nitrogens with zero attached hydrogens (tertiary/aromatic N) is 1. The molecule has 3 rings (SSSR count). The highest BCUT2D eigenvalue weighted by molar-refractivity contribution is 7.91. The summed E-state index contributed by atoms with van der Waals surface area (Å²) < 4.78 is 24.8. The Balaban J connectivity index is 1.89. The number of rotatable bonds is 3. The Morgan fingerprint density at radius 3 is 1.95 bits per heavy atom. The summed E-state index contributed by atoms with van der Waals surface area (Å²) in [4.78, 5) is 14.2. The van der Waals surface area contributed by atoms with Crippen LogP contribution in [0, 0.1) is 0 Å².